The minimum Gasteiger partial charge on any atom is -0.497 e. The minimum atomic E-state index is -0.315. The van der Waals surface area contributed by atoms with E-state index in [0.29, 0.717) is 22.8 Å². The third kappa shape index (κ3) is 2.61. The van der Waals surface area contributed by atoms with Gasteiger partial charge in [-0.25, -0.2) is 0 Å². The summed E-state index contributed by atoms with van der Waals surface area (Å²) >= 11 is 0. The summed E-state index contributed by atoms with van der Waals surface area (Å²) in [6.45, 7) is -0.287. The van der Waals surface area contributed by atoms with E-state index in [1.807, 2.05) is 0 Å². The minimum absolute atomic E-state index is 0.287. The highest BCUT2D eigenvalue weighted by molar-refractivity contribution is 5.69. The molecule has 2 rings (SSSR count). The first-order valence-corrected chi connectivity index (χ1v) is 5.75. The second-order valence-electron chi connectivity index (χ2n) is 3.95. The molecule has 0 aliphatic rings. The number of ether oxygens (including phenoxy) is 2. The lowest BCUT2D eigenvalue weighted by molar-refractivity contribution is 0.280. The summed E-state index contributed by atoms with van der Waals surface area (Å²) in [5.41, 5.74) is 1.34. The van der Waals surface area contributed by atoms with Crippen molar-refractivity contribution < 1.29 is 14.6 Å². The predicted molar refractivity (Wildman–Crippen MR) is 71.5 cm³/mol. The number of aliphatic hydroxyl groups excluding tert-OH is 1. The van der Waals surface area contributed by atoms with Gasteiger partial charge in [0.05, 0.1) is 26.5 Å². The molecule has 0 radical (unpaired) electrons. The van der Waals surface area contributed by atoms with Gasteiger partial charge in [-0.05, 0) is 30.3 Å². The average Bonchev–Trinajstić information content (AvgIpc) is 2.46. The van der Waals surface area contributed by atoms with E-state index in [1.54, 1.807) is 44.6 Å². The number of aliphatic hydroxyl groups is 1. The molecule has 0 saturated heterocycles. The molecule has 1 aromatic carbocycles. The Hall–Kier alpha value is -2.27. The lowest BCUT2D eigenvalue weighted by Gasteiger charge is -2.10. The highest BCUT2D eigenvalue weighted by Gasteiger charge is 2.09. The van der Waals surface area contributed by atoms with Crippen LogP contribution in [0.2, 0.25) is 0 Å². The van der Waals surface area contributed by atoms with E-state index in [2.05, 4.69) is 4.98 Å². The maximum Gasteiger partial charge on any atom is 0.253 e. The topological polar surface area (TPSA) is 71.5 Å². The quantitative estimate of drug-likeness (QED) is 0.876. The zero-order chi connectivity index (χ0) is 13.8. The molecule has 100 valence electrons. The largest absolute Gasteiger partial charge is 0.497 e. The number of rotatable bonds is 4. The lowest BCUT2D eigenvalue weighted by atomic mass is 10.1. The number of nitrogens with one attached hydrogen (secondary N) is 1. The summed E-state index contributed by atoms with van der Waals surface area (Å²) in [6.07, 6.45) is 0. The monoisotopic (exact) mass is 261 g/mol. The Morgan fingerprint density at radius 1 is 1.16 bits per heavy atom. The number of H-pyrrole nitrogens is 1. The molecule has 0 atom stereocenters. The standard InChI is InChI=1S/C14H15NO4/c1-18-10-4-6-13(19-2)11(7-10)12-5-3-9(8-16)14(17)15-12/h3-7,16H,8H2,1-2H3,(H,15,17). The first-order valence-electron chi connectivity index (χ1n) is 5.75. The lowest BCUT2D eigenvalue weighted by Crippen LogP contribution is -2.12. The molecule has 0 aliphatic heterocycles. The summed E-state index contributed by atoms with van der Waals surface area (Å²) in [6, 6.07) is 8.65. The third-order valence-electron chi connectivity index (χ3n) is 2.86. The van der Waals surface area contributed by atoms with Crippen LogP contribution >= 0.6 is 0 Å². The Balaban J connectivity index is 2.56. The zero-order valence-electron chi connectivity index (χ0n) is 10.8. The fraction of sp³-hybridized carbons (Fsp3) is 0.214. The van der Waals surface area contributed by atoms with Gasteiger partial charge in [-0.2, -0.15) is 0 Å². The SMILES string of the molecule is COc1ccc(OC)c(-c2ccc(CO)c(=O)[nH]2)c1. The van der Waals surface area contributed by atoms with Crippen LogP contribution in [0.1, 0.15) is 5.56 Å². The molecular weight excluding hydrogens is 246 g/mol. The van der Waals surface area contributed by atoms with Crippen LogP contribution in [0.25, 0.3) is 11.3 Å². The normalized spacial score (nSPS) is 10.3. The number of hydrogen-bond donors (Lipinski definition) is 2. The molecule has 0 aliphatic carbocycles. The number of methoxy groups -OCH3 is 2. The molecule has 1 heterocycles. The summed E-state index contributed by atoms with van der Waals surface area (Å²) in [7, 11) is 3.13. The molecule has 0 saturated carbocycles. The van der Waals surface area contributed by atoms with Gasteiger partial charge in [0, 0.05) is 11.1 Å². The zero-order valence-corrected chi connectivity index (χ0v) is 10.8. The van der Waals surface area contributed by atoms with Crippen molar-refractivity contribution in [1.29, 1.82) is 0 Å². The predicted octanol–water partition coefficient (Wildman–Crippen LogP) is 1.55. The molecule has 0 amide bonds. The summed E-state index contributed by atoms with van der Waals surface area (Å²) in [4.78, 5) is 14.4. The molecule has 2 N–H and O–H groups in total. The fourth-order valence-electron chi connectivity index (χ4n) is 1.81. The Labute approximate surface area is 110 Å². The van der Waals surface area contributed by atoms with Crippen molar-refractivity contribution >= 4 is 0 Å². The van der Waals surface area contributed by atoms with Crippen LogP contribution in [-0.2, 0) is 6.61 Å². The van der Waals surface area contributed by atoms with Crippen LogP contribution in [0.5, 0.6) is 11.5 Å². The van der Waals surface area contributed by atoms with Crippen LogP contribution in [-0.4, -0.2) is 24.3 Å². The number of hydrogen-bond acceptors (Lipinski definition) is 4. The molecule has 0 bridgehead atoms. The molecular formula is C14H15NO4. The highest BCUT2D eigenvalue weighted by atomic mass is 16.5. The average molecular weight is 261 g/mol. The number of aromatic amines is 1. The molecule has 0 spiro atoms. The maximum atomic E-state index is 11.7. The Morgan fingerprint density at radius 3 is 2.53 bits per heavy atom. The molecule has 5 heteroatoms. The first-order chi connectivity index (χ1) is 9.19. The summed E-state index contributed by atoms with van der Waals surface area (Å²) in [5.74, 6) is 1.30. The molecule has 2 aromatic rings. The van der Waals surface area contributed by atoms with Gasteiger partial charge in [0.2, 0.25) is 0 Å². The Morgan fingerprint density at radius 2 is 1.95 bits per heavy atom. The second kappa shape index (κ2) is 5.58. The number of aromatic nitrogens is 1. The van der Waals surface area contributed by atoms with E-state index in [9.17, 15) is 4.79 Å². The Bertz CT molecular complexity index is 634. The first kappa shape index (κ1) is 13.2. The van der Waals surface area contributed by atoms with Gasteiger partial charge < -0.3 is 19.6 Å². The van der Waals surface area contributed by atoms with E-state index < -0.39 is 0 Å². The number of pyridine rings is 1. The van der Waals surface area contributed by atoms with Gasteiger partial charge in [0.25, 0.3) is 5.56 Å². The van der Waals surface area contributed by atoms with Gasteiger partial charge in [0.1, 0.15) is 11.5 Å². The molecule has 0 fully saturated rings. The molecule has 19 heavy (non-hydrogen) atoms. The van der Waals surface area contributed by atoms with E-state index in [-0.39, 0.29) is 12.2 Å². The van der Waals surface area contributed by atoms with Gasteiger partial charge in [-0.1, -0.05) is 0 Å². The third-order valence-corrected chi connectivity index (χ3v) is 2.86. The van der Waals surface area contributed by atoms with Gasteiger partial charge >= 0.3 is 0 Å². The van der Waals surface area contributed by atoms with Crippen molar-refractivity contribution in [2.45, 2.75) is 6.61 Å². The van der Waals surface area contributed by atoms with E-state index in [1.165, 1.54) is 0 Å². The van der Waals surface area contributed by atoms with Gasteiger partial charge in [0.15, 0.2) is 0 Å². The van der Waals surface area contributed by atoms with Crippen molar-refractivity contribution in [2.24, 2.45) is 0 Å². The van der Waals surface area contributed by atoms with Crippen LogP contribution in [0.15, 0.2) is 35.1 Å². The highest BCUT2D eigenvalue weighted by Crippen LogP contribution is 2.31. The van der Waals surface area contributed by atoms with E-state index >= 15 is 0 Å². The Kier molecular flexibility index (Phi) is 3.87. The van der Waals surface area contributed by atoms with Crippen molar-refractivity contribution in [1.82, 2.24) is 4.98 Å². The number of benzene rings is 1. The fourth-order valence-corrected chi connectivity index (χ4v) is 1.81. The maximum absolute atomic E-state index is 11.7. The van der Waals surface area contributed by atoms with E-state index in [4.69, 9.17) is 14.6 Å². The second-order valence-corrected chi connectivity index (χ2v) is 3.95. The molecule has 1 aromatic heterocycles. The van der Waals surface area contributed by atoms with Crippen LogP contribution < -0.4 is 15.0 Å². The van der Waals surface area contributed by atoms with Gasteiger partial charge in [-0.3, -0.25) is 4.79 Å². The smallest absolute Gasteiger partial charge is 0.253 e. The van der Waals surface area contributed by atoms with Crippen LogP contribution in [0.3, 0.4) is 0 Å². The van der Waals surface area contributed by atoms with Crippen molar-refractivity contribution in [3.05, 3.63) is 46.2 Å². The van der Waals surface area contributed by atoms with Gasteiger partial charge in [-0.15, -0.1) is 0 Å². The summed E-state index contributed by atoms with van der Waals surface area (Å²) in [5, 5.41) is 9.00. The van der Waals surface area contributed by atoms with Crippen LogP contribution in [0.4, 0.5) is 0 Å². The van der Waals surface area contributed by atoms with Crippen molar-refractivity contribution in [3.63, 3.8) is 0 Å². The van der Waals surface area contributed by atoms with Crippen LogP contribution in [0, 0.1) is 0 Å². The van der Waals surface area contributed by atoms with Crippen molar-refractivity contribution in [3.8, 4) is 22.8 Å². The van der Waals surface area contributed by atoms with E-state index in [0.717, 1.165) is 5.56 Å². The molecule has 0 unspecified atom stereocenters. The summed E-state index contributed by atoms with van der Waals surface area (Å²) < 4.78 is 10.4. The van der Waals surface area contributed by atoms with Crippen molar-refractivity contribution in [2.75, 3.05) is 14.2 Å². The molecule has 5 nitrogen and oxygen atoms in total.